The molecule has 16 heavy (non-hydrogen) atoms. The van der Waals surface area contributed by atoms with Gasteiger partial charge in [0.25, 0.3) is 0 Å². The van der Waals surface area contributed by atoms with Gasteiger partial charge in [-0.25, -0.2) is 13.1 Å². The van der Waals surface area contributed by atoms with Crippen LogP contribution in [0.4, 0.5) is 5.69 Å². The van der Waals surface area contributed by atoms with Gasteiger partial charge in [0.1, 0.15) is 0 Å². The van der Waals surface area contributed by atoms with Gasteiger partial charge in [0.15, 0.2) is 0 Å². The predicted octanol–water partition coefficient (Wildman–Crippen LogP) is -1.30. The number of nitrogens with one attached hydrogen (secondary N) is 1. The highest BCUT2D eigenvalue weighted by Crippen LogP contribution is 2.09. The second-order valence-corrected chi connectivity index (χ2v) is 5.14. The van der Waals surface area contributed by atoms with Crippen LogP contribution in [-0.4, -0.2) is 32.0 Å². The summed E-state index contributed by atoms with van der Waals surface area (Å²) in [6.45, 7) is 0. The molecule has 0 fully saturated rings. The van der Waals surface area contributed by atoms with Crippen LogP contribution in [0.5, 0.6) is 0 Å². The lowest BCUT2D eigenvalue weighted by atomic mass is 9.94. The third-order valence-corrected chi connectivity index (χ3v) is 3.11. The van der Waals surface area contributed by atoms with Crippen LogP contribution in [0.1, 0.15) is 5.56 Å². The van der Waals surface area contributed by atoms with Gasteiger partial charge in [-0.15, -0.1) is 0 Å². The number of hydrogen-bond acceptors (Lipinski definition) is 5. The van der Waals surface area contributed by atoms with Gasteiger partial charge in [-0.1, -0.05) is 12.1 Å². The molecule has 0 radical (unpaired) electrons. The van der Waals surface area contributed by atoms with Crippen LogP contribution < -0.4 is 10.5 Å². The average Bonchev–Trinajstić information content (AvgIpc) is 2.14. The van der Waals surface area contributed by atoms with E-state index in [4.69, 9.17) is 15.8 Å². The summed E-state index contributed by atoms with van der Waals surface area (Å²) in [6.07, 6.45) is -0.426. The van der Waals surface area contributed by atoms with E-state index in [1.54, 1.807) is 24.3 Å². The predicted molar refractivity (Wildman–Crippen MR) is 61.7 cm³/mol. The number of anilines is 1. The Morgan fingerprint density at radius 1 is 1.38 bits per heavy atom. The van der Waals surface area contributed by atoms with Crippen LogP contribution in [-0.2, 0) is 15.8 Å². The molecule has 0 amide bonds. The van der Waals surface area contributed by atoms with Crippen molar-refractivity contribution in [2.45, 2.75) is 5.75 Å². The summed E-state index contributed by atoms with van der Waals surface area (Å²) in [5.41, 5.74) is 6.53. The highest BCUT2D eigenvalue weighted by molar-refractivity contribution is 7.88. The monoisotopic (exact) mass is 244 g/mol. The van der Waals surface area contributed by atoms with Gasteiger partial charge in [0.05, 0.1) is 5.75 Å². The lowest BCUT2D eigenvalue weighted by Crippen LogP contribution is -2.35. The van der Waals surface area contributed by atoms with Gasteiger partial charge in [-0.05, 0) is 17.7 Å². The van der Waals surface area contributed by atoms with Crippen LogP contribution >= 0.6 is 0 Å². The van der Waals surface area contributed by atoms with Crippen LogP contribution in [0.15, 0.2) is 24.3 Å². The molecule has 0 atom stereocenters. The van der Waals surface area contributed by atoms with Crippen molar-refractivity contribution in [1.82, 2.24) is 4.72 Å². The Bertz CT molecular complexity index is 449. The Morgan fingerprint density at radius 2 is 2.06 bits per heavy atom. The van der Waals surface area contributed by atoms with E-state index in [2.05, 4.69) is 4.72 Å². The van der Waals surface area contributed by atoms with Gasteiger partial charge in [0, 0.05) is 12.1 Å². The zero-order chi connectivity index (χ0) is 12.2. The third kappa shape index (κ3) is 4.62. The Labute approximate surface area is 94.3 Å². The average molecular weight is 244 g/mol. The molecule has 0 bridgehead atoms. The molecular formula is C8H13BN2O4S. The molecule has 1 aromatic carbocycles. The summed E-state index contributed by atoms with van der Waals surface area (Å²) in [6, 6.07) is 6.49. The van der Waals surface area contributed by atoms with Crippen molar-refractivity contribution in [2.75, 3.05) is 12.2 Å². The molecule has 0 aliphatic rings. The molecule has 0 saturated carbocycles. The van der Waals surface area contributed by atoms with Crippen LogP contribution in [0.3, 0.4) is 0 Å². The fourth-order valence-corrected chi connectivity index (χ4v) is 2.28. The van der Waals surface area contributed by atoms with E-state index >= 15 is 0 Å². The first-order valence-corrected chi connectivity index (χ1v) is 6.22. The van der Waals surface area contributed by atoms with Crippen molar-refractivity contribution < 1.29 is 18.5 Å². The van der Waals surface area contributed by atoms with Gasteiger partial charge in [-0.2, -0.15) is 0 Å². The topological polar surface area (TPSA) is 113 Å². The van der Waals surface area contributed by atoms with E-state index in [9.17, 15) is 8.42 Å². The minimum atomic E-state index is -3.57. The van der Waals surface area contributed by atoms with Crippen LogP contribution in [0.25, 0.3) is 0 Å². The number of rotatable bonds is 5. The Balaban J connectivity index is 2.66. The minimum absolute atomic E-state index is 0.245. The lowest BCUT2D eigenvalue weighted by molar-refractivity contribution is 0.404. The highest BCUT2D eigenvalue weighted by Gasteiger charge is 2.15. The number of sulfonamides is 1. The van der Waals surface area contributed by atoms with Crippen LogP contribution in [0.2, 0.25) is 0 Å². The molecule has 88 valence electrons. The van der Waals surface area contributed by atoms with Gasteiger partial charge >= 0.3 is 7.12 Å². The van der Waals surface area contributed by atoms with E-state index in [1.807, 2.05) is 0 Å². The third-order valence-electron chi connectivity index (χ3n) is 1.79. The maximum absolute atomic E-state index is 11.4. The molecule has 0 unspecified atom stereocenters. The zero-order valence-electron chi connectivity index (χ0n) is 8.50. The molecule has 5 N–H and O–H groups in total. The summed E-state index contributed by atoms with van der Waals surface area (Å²) < 4.78 is 24.9. The Kier molecular flexibility index (Phi) is 4.31. The highest BCUT2D eigenvalue weighted by atomic mass is 32.2. The fourth-order valence-electron chi connectivity index (χ4n) is 1.15. The van der Waals surface area contributed by atoms with Crippen LogP contribution in [0, 0.1) is 0 Å². The first-order valence-electron chi connectivity index (χ1n) is 4.57. The Hall–Kier alpha value is -1.09. The molecular weight excluding hydrogens is 231 g/mol. The second kappa shape index (κ2) is 5.31. The van der Waals surface area contributed by atoms with E-state index in [0.717, 1.165) is 0 Å². The number of nitrogen functional groups attached to an aromatic ring is 1. The first-order chi connectivity index (χ1) is 7.39. The van der Waals surface area contributed by atoms with Gasteiger partial charge in [0.2, 0.25) is 10.0 Å². The van der Waals surface area contributed by atoms with Gasteiger partial charge in [-0.3, -0.25) is 0 Å². The van der Waals surface area contributed by atoms with Crippen molar-refractivity contribution in [3.05, 3.63) is 29.8 Å². The number of nitrogens with two attached hydrogens (primary N) is 1. The minimum Gasteiger partial charge on any atom is -0.426 e. The van der Waals surface area contributed by atoms with E-state index in [1.165, 1.54) is 0 Å². The molecule has 0 spiro atoms. The molecule has 0 aromatic heterocycles. The summed E-state index contributed by atoms with van der Waals surface area (Å²) in [7, 11) is -5.27. The van der Waals surface area contributed by atoms with Gasteiger partial charge < -0.3 is 15.8 Å². The second-order valence-electron chi connectivity index (χ2n) is 3.33. The SMILES string of the molecule is Nc1cccc(CS(=O)(=O)NCB(O)O)c1. The molecule has 0 aliphatic heterocycles. The van der Waals surface area contributed by atoms with Crippen molar-refractivity contribution in [3.8, 4) is 0 Å². The molecule has 1 rings (SSSR count). The Morgan fingerprint density at radius 3 is 2.62 bits per heavy atom. The molecule has 0 aliphatic carbocycles. The summed E-state index contributed by atoms with van der Waals surface area (Å²) in [4.78, 5) is 0. The normalized spacial score (nSPS) is 11.4. The molecule has 1 aromatic rings. The number of benzene rings is 1. The van der Waals surface area contributed by atoms with E-state index < -0.39 is 23.6 Å². The zero-order valence-corrected chi connectivity index (χ0v) is 9.31. The smallest absolute Gasteiger partial charge is 0.426 e. The van der Waals surface area contributed by atoms with Crippen molar-refractivity contribution in [2.24, 2.45) is 0 Å². The number of hydrogen-bond donors (Lipinski definition) is 4. The molecule has 0 saturated heterocycles. The van der Waals surface area contributed by atoms with Crippen molar-refractivity contribution in [1.29, 1.82) is 0 Å². The summed E-state index contributed by atoms with van der Waals surface area (Å²) in [5, 5.41) is 17.1. The summed E-state index contributed by atoms with van der Waals surface area (Å²) >= 11 is 0. The van der Waals surface area contributed by atoms with E-state index in [0.29, 0.717) is 11.3 Å². The standard InChI is InChI=1S/C8H13BN2O4S/c10-8-3-1-2-7(4-8)5-16(14,15)11-6-9(12)13/h1-4,11-13H,5-6,10H2. The molecule has 8 heteroatoms. The first kappa shape index (κ1) is 13.0. The summed E-state index contributed by atoms with van der Waals surface area (Å²) in [5.74, 6) is -0.245. The molecule has 0 heterocycles. The van der Waals surface area contributed by atoms with Crippen molar-refractivity contribution in [3.63, 3.8) is 0 Å². The maximum Gasteiger partial charge on any atom is 0.467 e. The molecule has 6 nitrogen and oxygen atoms in total. The fraction of sp³-hybridized carbons (Fsp3) is 0.250. The van der Waals surface area contributed by atoms with E-state index in [-0.39, 0.29) is 5.75 Å². The van der Waals surface area contributed by atoms with Crippen molar-refractivity contribution >= 4 is 22.8 Å². The largest absolute Gasteiger partial charge is 0.467 e. The maximum atomic E-state index is 11.4. The quantitative estimate of drug-likeness (QED) is 0.380. The lowest BCUT2D eigenvalue weighted by Gasteiger charge is -2.06.